The van der Waals surface area contributed by atoms with Gasteiger partial charge in [-0.2, -0.15) is 0 Å². The highest BCUT2D eigenvalue weighted by atomic mass is 16.1. The lowest BCUT2D eigenvalue weighted by Gasteiger charge is -2.51. The Bertz CT molecular complexity index is 427. The molecule has 2 heterocycles. The van der Waals surface area contributed by atoms with Crippen molar-refractivity contribution in [1.29, 1.82) is 0 Å². The van der Waals surface area contributed by atoms with Gasteiger partial charge in [0.05, 0.1) is 0 Å². The van der Waals surface area contributed by atoms with Gasteiger partial charge in [-0.15, -0.1) is 0 Å². The van der Waals surface area contributed by atoms with Crippen LogP contribution in [0.25, 0.3) is 0 Å². The Labute approximate surface area is 109 Å². The molecule has 0 unspecified atom stereocenters. The van der Waals surface area contributed by atoms with Crippen molar-refractivity contribution in [3.8, 4) is 0 Å². The van der Waals surface area contributed by atoms with E-state index < -0.39 is 0 Å². The van der Waals surface area contributed by atoms with Gasteiger partial charge in [-0.25, -0.2) is 0 Å². The molecule has 0 N–H and O–H groups in total. The summed E-state index contributed by atoms with van der Waals surface area (Å²) in [5, 5.41) is 0. The summed E-state index contributed by atoms with van der Waals surface area (Å²) in [7, 11) is 0. The van der Waals surface area contributed by atoms with E-state index in [-0.39, 0.29) is 5.41 Å². The molecule has 0 aromatic heterocycles. The van der Waals surface area contributed by atoms with Crippen LogP contribution in [-0.2, 0) is 4.79 Å². The van der Waals surface area contributed by atoms with Gasteiger partial charge in [0.15, 0.2) is 0 Å². The number of hydrogen-bond acceptors (Lipinski definition) is 2. The molecular formula is C16H23NO. The molecule has 2 saturated heterocycles. The minimum absolute atomic E-state index is 0.276. The molecule has 4 rings (SSSR count). The molecule has 2 heteroatoms. The van der Waals surface area contributed by atoms with Gasteiger partial charge in [-0.3, -0.25) is 4.79 Å². The number of hydrogen-bond donors (Lipinski definition) is 0. The Kier molecular flexibility index (Phi) is 2.22. The number of carbonyl (C=O) groups is 1. The molecule has 3 fully saturated rings. The van der Waals surface area contributed by atoms with Gasteiger partial charge in [0.1, 0.15) is 5.78 Å². The van der Waals surface area contributed by atoms with E-state index in [1.54, 1.807) is 5.70 Å². The second-order valence-corrected chi connectivity index (χ2v) is 6.96. The van der Waals surface area contributed by atoms with Gasteiger partial charge in [-0.05, 0) is 43.9 Å². The Balaban J connectivity index is 1.90. The molecule has 0 aromatic rings. The summed E-state index contributed by atoms with van der Waals surface area (Å²) in [6, 6.07) is 0. The first-order chi connectivity index (χ1) is 8.72. The minimum atomic E-state index is 0.276. The van der Waals surface area contributed by atoms with Gasteiger partial charge in [0, 0.05) is 36.5 Å². The van der Waals surface area contributed by atoms with Crippen LogP contribution in [0.3, 0.4) is 0 Å². The van der Waals surface area contributed by atoms with Gasteiger partial charge >= 0.3 is 0 Å². The Hall–Kier alpha value is -0.790. The van der Waals surface area contributed by atoms with Crippen molar-refractivity contribution in [2.24, 2.45) is 23.2 Å². The van der Waals surface area contributed by atoms with Crippen LogP contribution in [0.4, 0.5) is 0 Å². The Morgan fingerprint density at radius 2 is 2.17 bits per heavy atom. The molecule has 18 heavy (non-hydrogen) atoms. The molecule has 2 bridgehead atoms. The van der Waals surface area contributed by atoms with E-state index in [2.05, 4.69) is 17.9 Å². The summed E-state index contributed by atoms with van der Waals surface area (Å²) in [5.41, 5.74) is 1.86. The highest BCUT2D eigenvalue weighted by Gasteiger charge is 2.60. The molecule has 4 aliphatic rings. The third-order valence-corrected chi connectivity index (χ3v) is 6.04. The molecule has 2 nitrogen and oxygen atoms in total. The summed E-state index contributed by atoms with van der Waals surface area (Å²) in [6.45, 7) is 4.75. The highest BCUT2D eigenvalue weighted by Crippen LogP contribution is 2.62. The zero-order valence-corrected chi connectivity index (χ0v) is 11.3. The number of piperidine rings is 1. The van der Waals surface area contributed by atoms with Crippen LogP contribution in [0.5, 0.6) is 0 Å². The molecule has 4 atom stereocenters. The fourth-order valence-corrected chi connectivity index (χ4v) is 5.49. The van der Waals surface area contributed by atoms with E-state index in [0.29, 0.717) is 23.5 Å². The van der Waals surface area contributed by atoms with Crippen LogP contribution < -0.4 is 0 Å². The predicted octanol–water partition coefficient (Wildman–Crippen LogP) is 2.99. The van der Waals surface area contributed by atoms with Crippen LogP contribution in [0.2, 0.25) is 0 Å². The van der Waals surface area contributed by atoms with E-state index in [1.165, 1.54) is 38.8 Å². The fourth-order valence-electron chi connectivity index (χ4n) is 5.49. The Morgan fingerprint density at radius 3 is 3.06 bits per heavy atom. The summed E-state index contributed by atoms with van der Waals surface area (Å²) in [6.07, 6.45) is 9.59. The maximum absolute atomic E-state index is 12.5. The molecule has 1 spiro atoms. The van der Waals surface area contributed by atoms with Crippen LogP contribution in [0, 0.1) is 23.2 Å². The summed E-state index contributed by atoms with van der Waals surface area (Å²) >= 11 is 0. The quantitative estimate of drug-likeness (QED) is 0.654. The third-order valence-electron chi connectivity index (χ3n) is 6.04. The maximum atomic E-state index is 12.5. The van der Waals surface area contributed by atoms with Crippen molar-refractivity contribution in [3.05, 3.63) is 11.8 Å². The minimum Gasteiger partial charge on any atom is -0.375 e. The largest absolute Gasteiger partial charge is 0.375 e. The van der Waals surface area contributed by atoms with Crippen molar-refractivity contribution in [3.63, 3.8) is 0 Å². The molecule has 2 aliphatic carbocycles. The maximum Gasteiger partial charge on any atom is 0.137 e. The smallest absolute Gasteiger partial charge is 0.137 e. The van der Waals surface area contributed by atoms with E-state index in [1.807, 2.05) is 0 Å². The van der Waals surface area contributed by atoms with Crippen molar-refractivity contribution in [2.75, 3.05) is 13.1 Å². The van der Waals surface area contributed by atoms with Crippen LogP contribution in [0.1, 0.15) is 45.4 Å². The first-order valence-corrected chi connectivity index (χ1v) is 7.72. The molecule has 0 radical (unpaired) electrons. The second kappa shape index (κ2) is 3.61. The first-order valence-electron chi connectivity index (χ1n) is 7.72. The topological polar surface area (TPSA) is 20.3 Å². The van der Waals surface area contributed by atoms with E-state index >= 15 is 0 Å². The predicted molar refractivity (Wildman–Crippen MR) is 70.9 cm³/mol. The van der Waals surface area contributed by atoms with Gasteiger partial charge in [-0.1, -0.05) is 13.0 Å². The lowest BCUT2D eigenvalue weighted by molar-refractivity contribution is -0.122. The number of allylic oxidation sites excluding steroid dienone is 2. The molecule has 1 saturated carbocycles. The SMILES string of the molecule is C[C@H]1C=C2N3CCC[C@H]4C(=O)C[C@@H](C1)[C@@]24CCC3. The number of Topliss-reactive ketones (excluding diaryl/α,β-unsaturated/α-hetero) is 1. The first kappa shape index (κ1) is 11.1. The monoisotopic (exact) mass is 245 g/mol. The van der Waals surface area contributed by atoms with Crippen LogP contribution >= 0.6 is 0 Å². The molecule has 0 amide bonds. The van der Waals surface area contributed by atoms with Gasteiger partial charge < -0.3 is 4.90 Å². The summed E-state index contributed by atoms with van der Waals surface area (Å²) in [5.74, 6) is 2.28. The lowest BCUT2D eigenvalue weighted by atomic mass is 9.59. The van der Waals surface area contributed by atoms with E-state index in [4.69, 9.17) is 0 Å². The van der Waals surface area contributed by atoms with E-state index in [0.717, 1.165) is 12.8 Å². The third kappa shape index (κ3) is 1.22. The average molecular weight is 245 g/mol. The normalized spacial score (nSPS) is 46.5. The molecular weight excluding hydrogens is 222 g/mol. The van der Waals surface area contributed by atoms with Crippen molar-refractivity contribution < 1.29 is 4.79 Å². The number of rotatable bonds is 0. The fraction of sp³-hybridized carbons (Fsp3) is 0.812. The number of ketones is 1. The summed E-state index contributed by atoms with van der Waals surface area (Å²) < 4.78 is 0. The summed E-state index contributed by atoms with van der Waals surface area (Å²) in [4.78, 5) is 15.1. The number of nitrogens with zero attached hydrogens (tertiary/aromatic N) is 1. The Morgan fingerprint density at radius 1 is 1.33 bits per heavy atom. The van der Waals surface area contributed by atoms with Gasteiger partial charge in [0.25, 0.3) is 0 Å². The van der Waals surface area contributed by atoms with Crippen molar-refractivity contribution >= 4 is 5.78 Å². The van der Waals surface area contributed by atoms with Crippen LogP contribution in [0.15, 0.2) is 11.8 Å². The van der Waals surface area contributed by atoms with E-state index in [9.17, 15) is 4.79 Å². The lowest BCUT2D eigenvalue weighted by Crippen LogP contribution is -2.47. The van der Waals surface area contributed by atoms with Crippen molar-refractivity contribution in [2.45, 2.75) is 45.4 Å². The molecule has 98 valence electrons. The highest BCUT2D eigenvalue weighted by molar-refractivity contribution is 5.86. The average Bonchev–Trinajstić information content (AvgIpc) is 2.55. The van der Waals surface area contributed by atoms with Crippen molar-refractivity contribution in [1.82, 2.24) is 4.90 Å². The van der Waals surface area contributed by atoms with Gasteiger partial charge in [0.2, 0.25) is 0 Å². The van der Waals surface area contributed by atoms with Crippen LogP contribution in [-0.4, -0.2) is 23.8 Å². The zero-order valence-electron chi connectivity index (χ0n) is 11.3. The zero-order chi connectivity index (χ0) is 12.3. The number of carbonyl (C=O) groups excluding carboxylic acids is 1. The molecule has 2 aliphatic heterocycles. The standard InChI is InChI=1S/C16H23NO/c1-11-8-12-10-14(18)13-4-2-6-17-7-3-5-16(12,13)15(17)9-11/h9,11-13H,2-8,10H2,1H3/t11-,12-,13+,16-/m1/s1. The molecule has 0 aromatic carbocycles. The second-order valence-electron chi connectivity index (χ2n) is 6.96.